The van der Waals surface area contributed by atoms with Crippen molar-refractivity contribution < 1.29 is 0 Å². The molecular weight excluding hydrogens is 226 g/mol. The molecule has 0 fully saturated rings. The van der Waals surface area contributed by atoms with Gasteiger partial charge in [0.25, 0.3) is 0 Å². The Morgan fingerprint density at radius 2 is 2.53 bits per heavy atom. The summed E-state index contributed by atoms with van der Waals surface area (Å²) in [7, 11) is 0. The van der Waals surface area contributed by atoms with Crippen LogP contribution in [0.25, 0.3) is 0 Å². The summed E-state index contributed by atoms with van der Waals surface area (Å²) in [4.78, 5) is 1.46. The summed E-state index contributed by atoms with van der Waals surface area (Å²) in [6.45, 7) is 6.87. The first-order chi connectivity index (χ1) is 7.16. The van der Waals surface area contributed by atoms with Crippen molar-refractivity contribution in [3.8, 4) is 0 Å². The summed E-state index contributed by atoms with van der Waals surface area (Å²) in [6, 6.07) is 2.60. The Labute approximate surface area is 100 Å². The van der Waals surface area contributed by atoms with Gasteiger partial charge in [-0.15, -0.1) is 11.3 Å². The maximum Gasteiger partial charge on any atom is 0.0934 e. The number of hydrogen-bond donors (Lipinski definition) is 1. The first-order valence-electron chi connectivity index (χ1n) is 5.32. The minimum Gasteiger partial charge on any atom is -0.306 e. The molecule has 0 spiro atoms. The molecule has 2 rings (SSSR count). The Bertz CT molecular complexity index is 370. The van der Waals surface area contributed by atoms with Crippen molar-refractivity contribution >= 4 is 22.9 Å². The van der Waals surface area contributed by atoms with E-state index in [1.54, 1.807) is 11.3 Å². The van der Waals surface area contributed by atoms with E-state index in [1.165, 1.54) is 35.3 Å². The molecule has 1 unspecified atom stereocenters. The Hall–Kier alpha value is -0.310. The van der Waals surface area contributed by atoms with Gasteiger partial charge >= 0.3 is 0 Å². The van der Waals surface area contributed by atoms with Gasteiger partial charge in [0.1, 0.15) is 0 Å². The van der Waals surface area contributed by atoms with Crippen LogP contribution in [0, 0.1) is 0 Å². The van der Waals surface area contributed by atoms with E-state index in [9.17, 15) is 0 Å². The molecule has 1 aromatic rings. The number of thiophene rings is 1. The van der Waals surface area contributed by atoms with E-state index >= 15 is 0 Å². The molecule has 1 N–H and O–H groups in total. The summed E-state index contributed by atoms with van der Waals surface area (Å²) in [6.07, 6.45) is 3.67. The number of aryl methyl sites for hydroxylation is 1. The quantitative estimate of drug-likeness (QED) is 0.791. The monoisotopic (exact) mass is 241 g/mol. The fourth-order valence-corrected chi connectivity index (χ4v) is 3.41. The molecule has 0 saturated heterocycles. The number of halogens is 1. The summed E-state index contributed by atoms with van der Waals surface area (Å²) >= 11 is 7.78. The van der Waals surface area contributed by atoms with Crippen LogP contribution < -0.4 is 5.32 Å². The average molecular weight is 242 g/mol. The fourth-order valence-electron chi connectivity index (χ4n) is 2.03. The van der Waals surface area contributed by atoms with Gasteiger partial charge in [-0.3, -0.25) is 0 Å². The minimum atomic E-state index is 0.481. The van der Waals surface area contributed by atoms with Gasteiger partial charge in [-0.05, 0) is 37.8 Å². The second kappa shape index (κ2) is 4.69. The maximum absolute atomic E-state index is 6.05. The summed E-state index contributed by atoms with van der Waals surface area (Å²) in [5, 5.41) is 3.54. The van der Waals surface area contributed by atoms with Gasteiger partial charge in [-0.25, -0.2) is 0 Å². The number of rotatable bonds is 3. The molecule has 0 bridgehead atoms. The molecule has 1 aromatic heterocycles. The van der Waals surface area contributed by atoms with E-state index in [1.807, 2.05) is 0 Å². The predicted molar refractivity (Wildman–Crippen MR) is 67.8 cm³/mol. The first-order valence-corrected chi connectivity index (χ1v) is 6.52. The number of hydrogen-bond acceptors (Lipinski definition) is 2. The van der Waals surface area contributed by atoms with Crippen LogP contribution in [0.2, 0.25) is 4.34 Å². The molecule has 0 amide bonds. The predicted octanol–water partition coefficient (Wildman–Crippen LogP) is 3.94. The van der Waals surface area contributed by atoms with Crippen molar-refractivity contribution in [1.29, 1.82) is 0 Å². The lowest BCUT2D eigenvalue weighted by molar-refractivity contribution is 0.481. The van der Waals surface area contributed by atoms with Crippen LogP contribution in [-0.4, -0.2) is 6.54 Å². The SMILES string of the molecule is C=C(C)CNC1CCCc2sc(Cl)cc21. The average Bonchev–Trinajstić information content (AvgIpc) is 2.55. The summed E-state index contributed by atoms with van der Waals surface area (Å²) in [5.74, 6) is 0. The van der Waals surface area contributed by atoms with Crippen molar-refractivity contribution in [3.05, 3.63) is 33.0 Å². The van der Waals surface area contributed by atoms with Crippen LogP contribution in [0.3, 0.4) is 0 Å². The molecule has 3 heteroatoms. The molecule has 1 nitrogen and oxygen atoms in total. The second-order valence-electron chi connectivity index (χ2n) is 4.21. The Balaban J connectivity index is 2.11. The molecule has 1 aliphatic carbocycles. The van der Waals surface area contributed by atoms with Crippen molar-refractivity contribution in [1.82, 2.24) is 5.32 Å². The zero-order valence-electron chi connectivity index (χ0n) is 8.98. The van der Waals surface area contributed by atoms with Crippen LogP contribution in [-0.2, 0) is 6.42 Å². The third-order valence-electron chi connectivity index (χ3n) is 2.73. The van der Waals surface area contributed by atoms with Gasteiger partial charge in [0, 0.05) is 17.5 Å². The van der Waals surface area contributed by atoms with Crippen molar-refractivity contribution in [2.75, 3.05) is 6.54 Å². The lowest BCUT2D eigenvalue weighted by Gasteiger charge is -2.23. The lowest BCUT2D eigenvalue weighted by atomic mass is 9.94. The summed E-state index contributed by atoms with van der Waals surface area (Å²) < 4.78 is 0.920. The van der Waals surface area contributed by atoms with E-state index in [2.05, 4.69) is 24.9 Å². The second-order valence-corrected chi connectivity index (χ2v) is 5.98. The highest BCUT2D eigenvalue weighted by molar-refractivity contribution is 7.16. The van der Waals surface area contributed by atoms with Gasteiger partial charge in [0.15, 0.2) is 0 Å². The topological polar surface area (TPSA) is 12.0 Å². The van der Waals surface area contributed by atoms with E-state index in [-0.39, 0.29) is 0 Å². The zero-order chi connectivity index (χ0) is 10.8. The van der Waals surface area contributed by atoms with Crippen LogP contribution in [0.5, 0.6) is 0 Å². The van der Waals surface area contributed by atoms with Crippen molar-refractivity contribution in [3.63, 3.8) is 0 Å². The molecular formula is C12H16ClNS. The van der Waals surface area contributed by atoms with Crippen LogP contribution in [0.1, 0.15) is 36.2 Å². The molecule has 0 radical (unpaired) electrons. The lowest BCUT2D eigenvalue weighted by Crippen LogP contribution is -2.25. The minimum absolute atomic E-state index is 0.481. The van der Waals surface area contributed by atoms with Gasteiger partial charge < -0.3 is 5.32 Å². The smallest absolute Gasteiger partial charge is 0.0934 e. The third kappa shape index (κ3) is 2.63. The molecule has 82 valence electrons. The highest BCUT2D eigenvalue weighted by Crippen LogP contribution is 2.37. The molecule has 15 heavy (non-hydrogen) atoms. The number of fused-ring (bicyclic) bond motifs is 1. The highest BCUT2D eigenvalue weighted by Gasteiger charge is 2.21. The van der Waals surface area contributed by atoms with Gasteiger partial charge in [0.2, 0.25) is 0 Å². The van der Waals surface area contributed by atoms with Crippen molar-refractivity contribution in [2.24, 2.45) is 0 Å². The molecule has 0 aromatic carbocycles. The number of nitrogens with one attached hydrogen (secondary N) is 1. The zero-order valence-corrected chi connectivity index (χ0v) is 10.5. The first kappa shape index (κ1) is 11.2. The Morgan fingerprint density at radius 3 is 3.27 bits per heavy atom. The molecule has 1 aliphatic rings. The van der Waals surface area contributed by atoms with Crippen LogP contribution in [0.4, 0.5) is 0 Å². The Morgan fingerprint density at radius 1 is 1.73 bits per heavy atom. The Kier molecular flexibility index (Phi) is 3.49. The van der Waals surface area contributed by atoms with Gasteiger partial charge in [0.05, 0.1) is 4.34 Å². The molecule has 1 heterocycles. The summed E-state index contributed by atoms with van der Waals surface area (Å²) in [5.41, 5.74) is 2.60. The van der Waals surface area contributed by atoms with Gasteiger partial charge in [-0.1, -0.05) is 23.8 Å². The molecule has 0 saturated carbocycles. The van der Waals surface area contributed by atoms with Crippen molar-refractivity contribution in [2.45, 2.75) is 32.2 Å². The van der Waals surface area contributed by atoms with E-state index in [0.717, 1.165) is 10.9 Å². The maximum atomic E-state index is 6.05. The van der Waals surface area contributed by atoms with Crippen LogP contribution >= 0.6 is 22.9 Å². The molecule has 0 aliphatic heterocycles. The third-order valence-corrected chi connectivity index (χ3v) is 4.07. The normalized spacial score (nSPS) is 20.0. The van der Waals surface area contributed by atoms with Gasteiger partial charge in [-0.2, -0.15) is 0 Å². The highest BCUT2D eigenvalue weighted by atomic mass is 35.5. The largest absolute Gasteiger partial charge is 0.306 e. The van der Waals surface area contributed by atoms with E-state index in [4.69, 9.17) is 11.6 Å². The standard InChI is InChI=1S/C12H16ClNS/c1-8(2)7-14-10-4-3-5-11-9(10)6-12(13)15-11/h6,10,14H,1,3-5,7H2,2H3. The van der Waals surface area contributed by atoms with E-state index < -0.39 is 0 Å². The van der Waals surface area contributed by atoms with Crippen LogP contribution in [0.15, 0.2) is 18.2 Å². The van der Waals surface area contributed by atoms with E-state index in [0.29, 0.717) is 6.04 Å². The fraction of sp³-hybridized carbons (Fsp3) is 0.500. The molecule has 1 atom stereocenters.